The number of halogens is 4. The van der Waals surface area contributed by atoms with Gasteiger partial charge in [-0.25, -0.2) is 0 Å². The average molecular weight is 418 g/mol. The maximum absolute atomic E-state index is 6.56. The maximum Gasteiger partial charge on any atom is 0.0573 e. The van der Waals surface area contributed by atoms with Gasteiger partial charge in [0.25, 0.3) is 0 Å². The second-order valence-corrected chi connectivity index (χ2v) is 7.86. The molecule has 6 heteroatoms. The summed E-state index contributed by atoms with van der Waals surface area (Å²) in [6.07, 6.45) is 0. The van der Waals surface area contributed by atoms with Crippen molar-refractivity contribution in [3.63, 3.8) is 0 Å². The Morgan fingerprint density at radius 2 is 1.16 bits per heavy atom. The second kappa shape index (κ2) is 8.04. The number of nitrogens with zero attached hydrogens (tertiary/aromatic N) is 2. The fourth-order valence-electron chi connectivity index (χ4n) is 3.62. The van der Waals surface area contributed by atoms with Crippen LogP contribution in [-0.4, -0.2) is 29.6 Å². The lowest BCUT2D eigenvalue weighted by atomic mass is 9.93. The number of benzene rings is 2. The van der Waals surface area contributed by atoms with Gasteiger partial charge in [-0.15, -0.1) is 0 Å². The normalized spacial score (nSPS) is 21.8. The third kappa shape index (κ3) is 3.80. The van der Waals surface area contributed by atoms with Crippen LogP contribution in [0, 0.1) is 0 Å². The summed E-state index contributed by atoms with van der Waals surface area (Å²) >= 11 is 25.3. The van der Waals surface area contributed by atoms with Gasteiger partial charge in [-0.1, -0.05) is 72.4 Å². The molecule has 0 spiro atoms. The van der Waals surface area contributed by atoms with Crippen molar-refractivity contribution in [1.82, 2.24) is 9.80 Å². The predicted octanol–water partition coefficient (Wildman–Crippen LogP) is 6.70. The summed E-state index contributed by atoms with van der Waals surface area (Å²) in [4.78, 5) is 4.82. The van der Waals surface area contributed by atoms with Crippen molar-refractivity contribution in [3.05, 3.63) is 67.6 Å². The number of hydrogen-bond acceptors (Lipinski definition) is 2. The third-order valence-electron chi connectivity index (χ3n) is 4.82. The number of rotatable bonds is 4. The summed E-state index contributed by atoms with van der Waals surface area (Å²) in [5, 5.41) is 2.65. The van der Waals surface area contributed by atoms with Crippen LogP contribution in [0.2, 0.25) is 20.1 Å². The van der Waals surface area contributed by atoms with E-state index in [2.05, 4.69) is 23.6 Å². The van der Waals surface area contributed by atoms with Crippen molar-refractivity contribution in [2.24, 2.45) is 0 Å². The van der Waals surface area contributed by atoms with E-state index in [-0.39, 0.29) is 12.1 Å². The van der Waals surface area contributed by atoms with Gasteiger partial charge < -0.3 is 0 Å². The van der Waals surface area contributed by atoms with Crippen LogP contribution in [0.4, 0.5) is 0 Å². The van der Waals surface area contributed by atoms with E-state index < -0.39 is 0 Å². The van der Waals surface area contributed by atoms with Crippen molar-refractivity contribution >= 4 is 46.4 Å². The second-order valence-electron chi connectivity index (χ2n) is 6.17. The van der Waals surface area contributed by atoms with Gasteiger partial charge in [0.2, 0.25) is 0 Å². The molecule has 0 bridgehead atoms. The zero-order chi connectivity index (χ0) is 18.1. The molecule has 1 aliphatic rings. The lowest BCUT2D eigenvalue weighted by molar-refractivity contribution is 0.232. The molecule has 2 atom stereocenters. The third-order valence-corrected chi connectivity index (χ3v) is 5.95. The molecule has 1 saturated heterocycles. The highest BCUT2D eigenvalue weighted by Crippen LogP contribution is 2.47. The van der Waals surface area contributed by atoms with Crippen molar-refractivity contribution in [3.8, 4) is 0 Å². The van der Waals surface area contributed by atoms with Crippen molar-refractivity contribution in [2.45, 2.75) is 25.9 Å². The van der Waals surface area contributed by atoms with Gasteiger partial charge in [0.05, 0.1) is 18.8 Å². The molecule has 1 aliphatic heterocycles. The summed E-state index contributed by atoms with van der Waals surface area (Å²) < 4.78 is 0. The quantitative estimate of drug-likeness (QED) is 0.546. The molecule has 0 saturated carbocycles. The molecule has 3 rings (SSSR count). The minimum atomic E-state index is 0.105. The molecule has 25 heavy (non-hydrogen) atoms. The van der Waals surface area contributed by atoms with Gasteiger partial charge in [-0.3, -0.25) is 9.80 Å². The molecule has 0 N–H and O–H groups in total. The monoisotopic (exact) mass is 416 g/mol. The Morgan fingerprint density at radius 3 is 1.48 bits per heavy atom. The Kier molecular flexibility index (Phi) is 6.20. The molecule has 1 fully saturated rings. The summed E-state index contributed by atoms with van der Waals surface area (Å²) in [7, 11) is 0. The van der Waals surface area contributed by atoms with Crippen LogP contribution in [0.5, 0.6) is 0 Å². The van der Waals surface area contributed by atoms with E-state index in [1.54, 1.807) is 12.1 Å². The maximum atomic E-state index is 6.56. The molecule has 0 radical (unpaired) electrons. The first-order valence-electron chi connectivity index (χ1n) is 8.34. The lowest BCUT2D eigenvalue weighted by Crippen LogP contribution is -2.26. The van der Waals surface area contributed by atoms with E-state index in [4.69, 9.17) is 46.4 Å². The molecule has 134 valence electrons. The smallest absolute Gasteiger partial charge is 0.0573 e. The molecular weight excluding hydrogens is 398 g/mol. The predicted molar refractivity (Wildman–Crippen MR) is 108 cm³/mol. The summed E-state index contributed by atoms with van der Waals surface area (Å²) in [6, 6.07) is 11.7. The Labute approximate surface area is 169 Å². The SMILES string of the molecule is CCN1CN(CC)[C@H](c2ccc(Cl)cc2Cl)[C@H]1c1ccc(Cl)cc1Cl. The molecule has 2 aromatic carbocycles. The van der Waals surface area contributed by atoms with Crippen LogP contribution in [0.3, 0.4) is 0 Å². The Bertz CT molecular complexity index is 702. The zero-order valence-corrected chi connectivity index (χ0v) is 17.2. The van der Waals surface area contributed by atoms with Crippen LogP contribution >= 0.6 is 46.4 Å². The highest BCUT2D eigenvalue weighted by atomic mass is 35.5. The van der Waals surface area contributed by atoms with Crippen LogP contribution in [0.25, 0.3) is 0 Å². The fraction of sp³-hybridized carbons (Fsp3) is 0.368. The highest BCUT2D eigenvalue weighted by Gasteiger charge is 2.42. The topological polar surface area (TPSA) is 6.48 Å². The summed E-state index contributed by atoms with van der Waals surface area (Å²) in [6.45, 7) is 7.02. The first-order valence-corrected chi connectivity index (χ1v) is 9.85. The van der Waals surface area contributed by atoms with Crippen LogP contribution in [-0.2, 0) is 0 Å². The molecule has 1 heterocycles. The molecule has 2 aromatic rings. The zero-order valence-electron chi connectivity index (χ0n) is 14.1. The van der Waals surface area contributed by atoms with E-state index in [1.807, 2.05) is 24.3 Å². The van der Waals surface area contributed by atoms with Crippen LogP contribution < -0.4 is 0 Å². The standard InChI is InChI=1S/C19H20Cl4N2/c1-3-24-11-25(4-2)19(15-8-6-13(21)10-17(15)23)18(24)14-7-5-12(20)9-16(14)22/h5-10,18-19H,3-4,11H2,1-2H3/t18-,19-/m1/s1. The minimum Gasteiger partial charge on any atom is -0.282 e. The molecule has 0 unspecified atom stereocenters. The van der Waals surface area contributed by atoms with Gasteiger partial charge in [0.1, 0.15) is 0 Å². The van der Waals surface area contributed by atoms with Gasteiger partial charge in [0.15, 0.2) is 0 Å². The van der Waals surface area contributed by atoms with Gasteiger partial charge in [-0.05, 0) is 48.5 Å². The Morgan fingerprint density at radius 1 is 0.760 bits per heavy atom. The van der Waals surface area contributed by atoms with E-state index in [0.29, 0.717) is 20.1 Å². The number of likely N-dealkylation sites (N-methyl/N-ethyl adjacent to an activating group) is 2. The Hall–Kier alpha value is -0.480. The fourth-order valence-corrected chi connectivity index (χ4v) is 4.66. The first kappa shape index (κ1) is 19.3. The molecule has 0 amide bonds. The van der Waals surface area contributed by atoms with Gasteiger partial charge in [0, 0.05) is 20.1 Å². The lowest BCUT2D eigenvalue weighted by Gasteiger charge is -2.30. The molecule has 0 aromatic heterocycles. The number of hydrogen-bond donors (Lipinski definition) is 0. The van der Waals surface area contributed by atoms with Crippen LogP contribution in [0.1, 0.15) is 37.1 Å². The molecular formula is C19H20Cl4N2. The Balaban J connectivity index is 2.13. The van der Waals surface area contributed by atoms with Gasteiger partial charge in [-0.2, -0.15) is 0 Å². The van der Waals surface area contributed by atoms with E-state index in [1.165, 1.54) is 0 Å². The van der Waals surface area contributed by atoms with E-state index in [9.17, 15) is 0 Å². The molecule has 2 nitrogen and oxygen atoms in total. The van der Waals surface area contributed by atoms with Crippen LogP contribution in [0.15, 0.2) is 36.4 Å². The first-order chi connectivity index (χ1) is 12.0. The van der Waals surface area contributed by atoms with Crippen molar-refractivity contribution in [2.75, 3.05) is 19.8 Å². The van der Waals surface area contributed by atoms with Crippen molar-refractivity contribution < 1.29 is 0 Å². The summed E-state index contributed by atoms with van der Waals surface area (Å²) in [5.41, 5.74) is 2.14. The van der Waals surface area contributed by atoms with Gasteiger partial charge >= 0.3 is 0 Å². The average Bonchev–Trinajstić information content (AvgIpc) is 2.93. The minimum absolute atomic E-state index is 0.105. The largest absolute Gasteiger partial charge is 0.282 e. The van der Waals surface area contributed by atoms with E-state index in [0.717, 1.165) is 30.9 Å². The highest BCUT2D eigenvalue weighted by molar-refractivity contribution is 6.35. The molecule has 0 aliphatic carbocycles. The van der Waals surface area contributed by atoms with E-state index >= 15 is 0 Å². The van der Waals surface area contributed by atoms with Crippen molar-refractivity contribution in [1.29, 1.82) is 0 Å². The summed E-state index contributed by atoms with van der Waals surface area (Å²) in [5.74, 6) is 0.